The van der Waals surface area contributed by atoms with Gasteiger partial charge in [0.25, 0.3) is 5.91 Å². The number of carbonyl (C=O) groups is 1. The van der Waals surface area contributed by atoms with Crippen molar-refractivity contribution in [1.29, 1.82) is 0 Å². The molecule has 0 radical (unpaired) electrons. The normalized spacial score (nSPS) is 12.0. The first-order chi connectivity index (χ1) is 8.04. The van der Waals surface area contributed by atoms with E-state index in [1.54, 1.807) is 36.2 Å². The van der Waals surface area contributed by atoms with Crippen molar-refractivity contribution in [1.82, 2.24) is 4.90 Å². The molecule has 0 heterocycles. The zero-order valence-corrected chi connectivity index (χ0v) is 11.2. The lowest BCUT2D eigenvalue weighted by atomic mass is 10.2. The van der Waals surface area contributed by atoms with Crippen LogP contribution in [0.5, 0.6) is 5.75 Å². The second-order valence-corrected chi connectivity index (χ2v) is 4.44. The lowest BCUT2D eigenvalue weighted by Gasteiger charge is -2.23. The third kappa shape index (κ3) is 4.27. The molecule has 17 heavy (non-hydrogen) atoms. The molecule has 1 aromatic carbocycles. The van der Waals surface area contributed by atoms with Crippen LogP contribution in [0.4, 0.5) is 0 Å². The van der Waals surface area contributed by atoms with Gasteiger partial charge in [0.05, 0.1) is 0 Å². The highest BCUT2D eigenvalue weighted by atomic mass is 35.5. The summed E-state index contributed by atoms with van der Waals surface area (Å²) < 4.78 is 5.39. The van der Waals surface area contributed by atoms with Crippen molar-refractivity contribution in [2.75, 3.05) is 13.7 Å². The number of rotatable bonds is 5. The maximum atomic E-state index is 11.8. The summed E-state index contributed by atoms with van der Waals surface area (Å²) in [7, 11) is 1.79. The van der Waals surface area contributed by atoms with Crippen molar-refractivity contribution in [3.05, 3.63) is 29.3 Å². The first kappa shape index (κ1) is 13.8. The monoisotopic (exact) mass is 255 g/mol. The van der Waals surface area contributed by atoms with Crippen LogP contribution in [-0.4, -0.2) is 30.5 Å². The maximum absolute atomic E-state index is 11.8. The maximum Gasteiger partial charge on any atom is 0.260 e. The van der Waals surface area contributed by atoms with Crippen LogP contribution in [0.2, 0.25) is 5.02 Å². The molecule has 0 saturated heterocycles. The van der Waals surface area contributed by atoms with Crippen molar-refractivity contribution in [2.45, 2.75) is 26.3 Å². The molecule has 1 aromatic rings. The summed E-state index contributed by atoms with van der Waals surface area (Å²) in [5, 5.41) is 0.653. The highest BCUT2D eigenvalue weighted by Gasteiger charge is 2.14. The Morgan fingerprint density at radius 2 is 2.00 bits per heavy atom. The van der Waals surface area contributed by atoms with Gasteiger partial charge in [0.2, 0.25) is 0 Å². The van der Waals surface area contributed by atoms with E-state index in [1.165, 1.54) is 0 Å². The fourth-order valence-corrected chi connectivity index (χ4v) is 1.42. The highest BCUT2D eigenvalue weighted by molar-refractivity contribution is 6.30. The summed E-state index contributed by atoms with van der Waals surface area (Å²) in [6.07, 6.45) is 0.934. The molecule has 0 saturated carbocycles. The Balaban J connectivity index is 2.45. The Morgan fingerprint density at radius 3 is 2.53 bits per heavy atom. The zero-order valence-electron chi connectivity index (χ0n) is 10.4. The first-order valence-corrected chi connectivity index (χ1v) is 6.06. The molecule has 94 valence electrons. The number of carbonyl (C=O) groups excluding carboxylic acids is 1. The summed E-state index contributed by atoms with van der Waals surface area (Å²) >= 11 is 5.75. The second-order valence-electron chi connectivity index (χ2n) is 4.00. The number of halogens is 1. The van der Waals surface area contributed by atoms with Crippen LogP contribution in [0.25, 0.3) is 0 Å². The van der Waals surface area contributed by atoms with Crippen LogP contribution in [0.3, 0.4) is 0 Å². The number of likely N-dealkylation sites (N-methyl/N-ethyl adjacent to an activating group) is 1. The molecule has 0 N–H and O–H groups in total. The third-order valence-electron chi connectivity index (χ3n) is 2.82. The smallest absolute Gasteiger partial charge is 0.260 e. The lowest BCUT2D eigenvalue weighted by Crippen LogP contribution is -2.37. The molecule has 0 aliphatic heterocycles. The number of hydrogen-bond acceptors (Lipinski definition) is 2. The molecule has 0 fully saturated rings. The minimum absolute atomic E-state index is 0.0192. The summed E-state index contributed by atoms with van der Waals surface area (Å²) in [4.78, 5) is 13.5. The lowest BCUT2D eigenvalue weighted by molar-refractivity contribution is -0.133. The van der Waals surface area contributed by atoms with E-state index in [0.29, 0.717) is 10.8 Å². The molecule has 1 amide bonds. The van der Waals surface area contributed by atoms with Gasteiger partial charge in [-0.1, -0.05) is 18.5 Å². The molecule has 1 rings (SSSR count). The van der Waals surface area contributed by atoms with Crippen molar-refractivity contribution in [2.24, 2.45) is 0 Å². The fraction of sp³-hybridized carbons (Fsp3) is 0.462. The predicted octanol–water partition coefficient (Wildman–Crippen LogP) is 2.98. The molecule has 1 atom stereocenters. The Bertz CT molecular complexity index is 364. The fourth-order valence-electron chi connectivity index (χ4n) is 1.30. The SMILES string of the molecule is CCC(C)N(C)C(=O)COc1ccc(Cl)cc1. The average Bonchev–Trinajstić information content (AvgIpc) is 2.35. The third-order valence-corrected chi connectivity index (χ3v) is 3.07. The van der Waals surface area contributed by atoms with Gasteiger partial charge in [0.1, 0.15) is 5.75 Å². The van der Waals surface area contributed by atoms with Crippen LogP contribution in [0.1, 0.15) is 20.3 Å². The molecular formula is C13H18ClNO2. The van der Waals surface area contributed by atoms with Gasteiger partial charge in [-0.15, -0.1) is 0 Å². The van der Waals surface area contributed by atoms with Gasteiger partial charge in [-0.2, -0.15) is 0 Å². The predicted molar refractivity (Wildman–Crippen MR) is 69.5 cm³/mol. The highest BCUT2D eigenvalue weighted by Crippen LogP contribution is 2.15. The Hall–Kier alpha value is -1.22. The van der Waals surface area contributed by atoms with E-state index < -0.39 is 0 Å². The molecular weight excluding hydrogens is 238 g/mol. The average molecular weight is 256 g/mol. The van der Waals surface area contributed by atoms with Gasteiger partial charge >= 0.3 is 0 Å². The Morgan fingerprint density at radius 1 is 1.41 bits per heavy atom. The van der Waals surface area contributed by atoms with E-state index >= 15 is 0 Å². The standard InChI is InChI=1S/C13H18ClNO2/c1-4-10(2)15(3)13(16)9-17-12-7-5-11(14)6-8-12/h5-8,10H,4,9H2,1-3H3. The van der Waals surface area contributed by atoms with Crippen molar-refractivity contribution < 1.29 is 9.53 Å². The molecule has 0 aliphatic rings. The number of hydrogen-bond donors (Lipinski definition) is 0. The Kier molecular flexibility index (Phi) is 5.29. The zero-order chi connectivity index (χ0) is 12.8. The molecule has 1 unspecified atom stereocenters. The van der Waals surface area contributed by atoms with E-state index in [9.17, 15) is 4.79 Å². The van der Waals surface area contributed by atoms with E-state index in [1.807, 2.05) is 6.92 Å². The van der Waals surface area contributed by atoms with Gasteiger partial charge in [-0.05, 0) is 37.6 Å². The minimum Gasteiger partial charge on any atom is -0.484 e. The van der Waals surface area contributed by atoms with Crippen molar-refractivity contribution in [3.63, 3.8) is 0 Å². The van der Waals surface area contributed by atoms with E-state index in [0.717, 1.165) is 6.42 Å². The van der Waals surface area contributed by atoms with Crippen molar-refractivity contribution >= 4 is 17.5 Å². The van der Waals surface area contributed by atoms with Gasteiger partial charge < -0.3 is 9.64 Å². The molecule has 0 bridgehead atoms. The molecule has 0 aliphatic carbocycles. The van der Waals surface area contributed by atoms with Crippen LogP contribution >= 0.6 is 11.6 Å². The summed E-state index contributed by atoms with van der Waals surface area (Å²) in [5.41, 5.74) is 0. The first-order valence-electron chi connectivity index (χ1n) is 5.68. The quantitative estimate of drug-likeness (QED) is 0.810. The molecule has 0 aromatic heterocycles. The largest absolute Gasteiger partial charge is 0.484 e. The van der Waals surface area contributed by atoms with Crippen molar-refractivity contribution in [3.8, 4) is 5.75 Å². The van der Waals surface area contributed by atoms with E-state index in [2.05, 4.69) is 6.92 Å². The minimum atomic E-state index is -0.0192. The second kappa shape index (κ2) is 6.50. The van der Waals surface area contributed by atoms with Crippen LogP contribution in [0.15, 0.2) is 24.3 Å². The van der Waals surface area contributed by atoms with E-state index in [-0.39, 0.29) is 18.6 Å². The summed E-state index contributed by atoms with van der Waals surface area (Å²) in [6, 6.07) is 7.20. The van der Waals surface area contributed by atoms with Gasteiger partial charge in [-0.3, -0.25) is 4.79 Å². The summed E-state index contributed by atoms with van der Waals surface area (Å²) in [6.45, 7) is 4.12. The summed E-state index contributed by atoms with van der Waals surface area (Å²) in [5.74, 6) is 0.634. The number of amides is 1. The molecule has 4 heteroatoms. The number of benzene rings is 1. The number of nitrogens with zero attached hydrogens (tertiary/aromatic N) is 1. The Labute approximate surface area is 107 Å². The van der Waals surface area contributed by atoms with Crippen LogP contribution in [-0.2, 0) is 4.79 Å². The van der Waals surface area contributed by atoms with Gasteiger partial charge in [-0.25, -0.2) is 0 Å². The topological polar surface area (TPSA) is 29.5 Å². The number of ether oxygens (including phenoxy) is 1. The van der Waals surface area contributed by atoms with E-state index in [4.69, 9.17) is 16.3 Å². The van der Waals surface area contributed by atoms with Crippen LogP contribution < -0.4 is 4.74 Å². The van der Waals surface area contributed by atoms with Gasteiger partial charge in [0.15, 0.2) is 6.61 Å². The molecule has 3 nitrogen and oxygen atoms in total. The van der Waals surface area contributed by atoms with Crippen LogP contribution in [0, 0.1) is 0 Å². The molecule has 0 spiro atoms. The van der Waals surface area contributed by atoms with Gasteiger partial charge in [0, 0.05) is 18.1 Å².